The summed E-state index contributed by atoms with van der Waals surface area (Å²) in [6.45, 7) is 0.719. The Hall–Kier alpha value is -3.82. The van der Waals surface area contributed by atoms with Crippen molar-refractivity contribution in [1.29, 1.82) is 0 Å². The number of carbonyl (C=O) groups is 2. The van der Waals surface area contributed by atoms with Gasteiger partial charge in [-0.3, -0.25) is 19.7 Å². The molecule has 10 nitrogen and oxygen atoms in total. The molecule has 0 saturated carbocycles. The fourth-order valence-corrected chi connectivity index (χ4v) is 2.47. The van der Waals surface area contributed by atoms with E-state index in [1.54, 1.807) is 30.3 Å². The highest BCUT2D eigenvalue weighted by Crippen LogP contribution is 2.32. The van der Waals surface area contributed by atoms with Crippen LogP contribution in [0.15, 0.2) is 42.5 Å². The molecule has 2 aromatic rings. The smallest absolute Gasteiger partial charge is 0.269 e. The van der Waals surface area contributed by atoms with Crippen LogP contribution < -0.4 is 25.4 Å². The average Bonchev–Trinajstić information content (AvgIpc) is 3.17. The van der Waals surface area contributed by atoms with E-state index in [-0.39, 0.29) is 24.9 Å². The number of nitro groups is 1. The van der Waals surface area contributed by atoms with Crippen molar-refractivity contribution in [3.8, 4) is 11.5 Å². The van der Waals surface area contributed by atoms with Gasteiger partial charge in [0.25, 0.3) is 11.6 Å². The quantitative estimate of drug-likeness (QED) is 0.354. The monoisotopic (exact) mass is 386 g/mol. The maximum atomic E-state index is 12.1. The number of fused-ring (bicyclic) bond motifs is 1. The molecule has 0 aromatic heterocycles. The number of anilines is 1. The van der Waals surface area contributed by atoms with Gasteiger partial charge in [0.15, 0.2) is 11.5 Å². The summed E-state index contributed by atoms with van der Waals surface area (Å²) in [6, 6.07) is 10.8. The molecular formula is C18H18N4O6. The van der Waals surface area contributed by atoms with Gasteiger partial charge in [0, 0.05) is 36.5 Å². The second kappa shape index (κ2) is 8.71. The number of hydrogen-bond donors (Lipinski definition) is 3. The molecule has 2 aromatic carbocycles. The van der Waals surface area contributed by atoms with Gasteiger partial charge in [0.2, 0.25) is 12.7 Å². The van der Waals surface area contributed by atoms with Crippen LogP contribution in [0.3, 0.4) is 0 Å². The van der Waals surface area contributed by atoms with Gasteiger partial charge in [-0.25, -0.2) is 0 Å². The summed E-state index contributed by atoms with van der Waals surface area (Å²) in [4.78, 5) is 34.0. The predicted molar refractivity (Wildman–Crippen MR) is 99.5 cm³/mol. The lowest BCUT2D eigenvalue weighted by atomic mass is 10.2. The Bertz CT molecular complexity index is 884. The van der Waals surface area contributed by atoms with Gasteiger partial charge in [-0.15, -0.1) is 0 Å². The second-order valence-electron chi connectivity index (χ2n) is 5.83. The summed E-state index contributed by atoms with van der Waals surface area (Å²) in [5, 5.41) is 18.8. The first kappa shape index (κ1) is 19.0. The van der Waals surface area contributed by atoms with Crippen molar-refractivity contribution in [2.75, 3.05) is 31.7 Å². The van der Waals surface area contributed by atoms with Gasteiger partial charge in [-0.2, -0.15) is 0 Å². The maximum absolute atomic E-state index is 12.1. The molecule has 28 heavy (non-hydrogen) atoms. The minimum atomic E-state index is -0.470. The van der Waals surface area contributed by atoms with E-state index in [4.69, 9.17) is 9.47 Å². The molecule has 0 fully saturated rings. The third-order valence-corrected chi connectivity index (χ3v) is 3.90. The SMILES string of the molecule is O=C(CNC(=O)c1ccc2c(c1)OCO2)NCCNc1ccc([N+](=O)[O-])cc1. The molecule has 0 saturated heterocycles. The number of ether oxygens (including phenoxy) is 2. The maximum Gasteiger partial charge on any atom is 0.269 e. The van der Waals surface area contributed by atoms with E-state index in [0.717, 1.165) is 0 Å². The van der Waals surface area contributed by atoms with Crippen LogP contribution in [0.25, 0.3) is 0 Å². The Morgan fingerprint density at radius 2 is 1.75 bits per heavy atom. The van der Waals surface area contributed by atoms with Crippen LogP contribution in [-0.4, -0.2) is 43.2 Å². The van der Waals surface area contributed by atoms with E-state index in [0.29, 0.717) is 35.8 Å². The van der Waals surface area contributed by atoms with Crippen molar-refractivity contribution >= 4 is 23.2 Å². The minimum absolute atomic E-state index is 0.0112. The van der Waals surface area contributed by atoms with Crippen LogP contribution in [-0.2, 0) is 4.79 Å². The molecule has 3 rings (SSSR count). The Morgan fingerprint density at radius 3 is 2.50 bits per heavy atom. The number of benzene rings is 2. The number of hydrogen-bond acceptors (Lipinski definition) is 7. The Balaban J connectivity index is 1.35. The highest BCUT2D eigenvalue weighted by atomic mass is 16.7. The third-order valence-electron chi connectivity index (χ3n) is 3.90. The summed E-state index contributed by atoms with van der Waals surface area (Å²) < 4.78 is 10.4. The molecule has 0 spiro atoms. The minimum Gasteiger partial charge on any atom is -0.454 e. The molecule has 146 valence electrons. The molecule has 0 bridgehead atoms. The van der Waals surface area contributed by atoms with Crippen molar-refractivity contribution in [1.82, 2.24) is 10.6 Å². The fourth-order valence-electron chi connectivity index (χ4n) is 2.47. The summed E-state index contributed by atoms with van der Waals surface area (Å²) in [6.07, 6.45) is 0. The van der Waals surface area contributed by atoms with Gasteiger partial charge >= 0.3 is 0 Å². The lowest BCUT2D eigenvalue weighted by Crippen LogP contribution is -2.38. The molecule has 3 N–H and O–H groups in total. The normalized spacial score (nSPS) is 11.6. The lowest BCUT2D eigenvalue weighted by Gasteiger charge is -2.09. The van der Waals surface area contributed by atoms with Crippen LogP contribution in [0.2, 0.25) is 0 Å². The number of amides is 2. The van der Waals surface area contributed by atoms with E-state index in [1.807, 2.05) is 0 Å². The van der Waals surface area contributed by atoms with Gasteiger partial charge in [-0.1, -0.05) is 0 Å². The summed E-state index contributed by atoms with van der Waals surface area (Å²) in [5.74, 6) is 0.348. The molecule has 1 aliphatic heterocycles. The topological polar surface area (TPSA) is 132 Å². The fraction of sp³-hybridized carbons (Fsp3) is 0.222. The van der Waals surface area contributed by atoms with Gasteiger partial charge < -0.3 is 25.4 Å². The number of nitrogens with zero attached hydrogens (tertiary/aromatic N) is 1. The zero-order chi connectivity index (χ0) is 19.9. The Morgan fingerprint density at radius 1 is 1.00 bits per heavy atom. The predicted octanol–water partition coefficient (Wildman–Crippen LogP) is 1.28. The molecule has 10 heteroatoms. The first-order valence-electron chi connectivity index (χ1n) is 8.46. The highest BCUT2D eigenvalue weighted by Gasteiger charge is 2.16. The molecule has 2 amide bonds. The molecule has 0 radical (unpaired) electrons. The van der Waals surface area contributed by atoms with Crippen molar-refractivity contribution in [3.05, 3.63) is 58.1 Å². The third kappa shape index (κ3) is 4.87. The van der Waals surface area contributed by atoms with Crippen LogP contribution >= 0.6 is 0 Å². The van der Waals surface area contributed by atoms with Crippen LogP contribution in [0, 0.1) is 10.1 Å². The number of nitro benzene ring substituents is 1. The summed E-state index contributed by atoms with van der Waals surface area (Å²) in [5.41, 5.74) is 1.09. The average molecular weight is 386 g/mol. The van der Waals surface area contributed by atoms with Crippen molar-refractivity contribution < 1.29 is 24.0 Å². The van der Waals surface area contributed by atoms with E-state index in [1.165, 1.54) is 12.1 Å². The van der Waals surface area contributed by atoms with Gasteiger partial charge in [-0.05, 0) is 30.3 Å². The number of non-ortho nitro benzene ring substituents is 1. The van der Waals surface area contributed by atoms with E-state index in [2.05, 4.69) is 16.0 Å². The van der Waals surface area contributed by atoms with Gasteiger partial charge in [0.05, 0.1) is 11.5 Å². The lowest BCUT2D eigenvalue weighted by molar-refractivity contribution is -0.384. The molecular weight excluding hydrogens is 368 g/mol. The number of rotatable bonds is 8. The van der Waals surface area contributed by atoms with Crippen LogP contribution in [0.5, 0.6) is 11.5 Å². The van der Waals surface area contributed by atoms with Crippen molar-refractivity contribution in [3.63, 3.8) is 0 Å². The number of carbonyl (C=O) groups excluding carboxylic acids is 2. The van der Waals surface area contributed by atoms with Crippen LogP contribution in [0.1, 0.15) is 10.4 Å². The Labute approximate surface area is 160 Å². The second-order valence-corrected chi connectivity index (χ2v) is 5.83. The van der Waals surface area contributed by atoms with E-state index in [9.17, 15) is 19.7 Å². The largest absolute Gasteiger partial charge is 0.454 e. The molecule has 0 aliphatic carbocycles. The van der Waals surface area contributed by atoms with Gasteiger partial charge in [0.1, 0.15) is 0 Å². The van der Waals surface area contributed by atoms with E-state index >= 15 is 0 Å². The molecule has 1 aliphatic rings. The number of nitrogens with one attached hydrogen (secondary N) is 3. The van der Waals surface area contributed by atoms with Crippen molar-refractivity contribution in [2.45, 2.75) is 0 Å². The van der Waals surface area contributed by atoms with E-state index < -0.39 is 10.8 Å². The zero-order valence-corrected chi connectivity index (χ0v) is 14.8. The van der Waals surface area contributed by atoms with Crippen molar-refractivity contribution in [2.24, 2.45) is 0 Å². The Kier molecular flexibility index (Phi) is 5.90. The first-order chi connectivity index (χ1) is 13.5. The summed E-state index contributed by atoms with van der Waals surface area (Å²) >= 11 is 0. The molecule has 0 unspecified atom stereocenters. The standard InChI is InChI=1S/C18H18N4O6/c23-17(20-8-7-19-13-2-4-14(5-3-13)22(25)26)10-21-18(24)12-1-6-15-16(9-12)28-11-27-15/h1-6,9,19H,7-8,10-11H2,(H,20,23)(H,21,24). The van der Waals surface area contributed by atoms with Crippen LogP contribution in [0.4, 0.5) is 11.4 Å². The molecule has 1 heterocycles. The molecule has 0 atom stereocenters. The zero-order valence-electron chi connectivity index (χ0n) is 14.8. The highest BCUT2D eigenvalue weighted by molar-refractivity contribution is 5.97. The summed E-state index contributed by atoms with van der Waals surface area (Å²) in [7, 11) is 0. The first-order valence-corrected chi connectivity index (χ1v) is 8.46.